The van der Waals surface area contributed by atoms with Gasteiger partial charge in [-0.1, -0.05) is 29.8 Å². The first-order valence-corrected chi connectivity index (χ1v) is 6.37. The van der Waals surface area contributed by atoms with Gasteiger partial charge in [0.25, 0.3) is 0 Å². The molecule has 2 rings (SSSR count). The van der Waals surface area contributed by atoms with Crippen molar-refractivity contribution in [3.63, 3.8) is 0 Å². The summed E-state index contributed by atoms with van der Waals surface area (Å²) in [6.45, 7) is 0. The third-order valence-electron chi connectivity index (χ3n) is 2.91. The summed E-state index contributed by atoms with van der Waals surface area (Å²) in [5.41, 5.74) is 7.18. The lowest BCUT2D eigenvalue weighted by atomic mass is 9.99. The minimum atomic E-state index is -0.359. The fourth-order valence-corrected chi connectivity index (χ4v) is 2.27. The van der Waals surface area contributed by atoms with Gasteiger partial charge in [-0.05, 0) is 42.7 Å². The van der Waals surface area contributed by atoms with Crippen molar-refractivity contribution >= 4 is 11.6 Å². The molecule has 0 aliphatic rings. The van der Waals surface area contributed by atoms with Crippen molar-refractivity contribution in [1.82, 2.24) is 0 Å². The zero-order chi connectivity index (χ0) is 13.8. The molecule has 100 valence electrons. The molecule has 0 radical (unpaired) electrons. The van der Waals surface area contributed by atoms with Crippen molar-refractivity contribution in [2.75, 3.05) is 0 Å². The molecule has 1 atom stereocenters. The van der Waals surface area contributed by atoms with E-state index >= 15 is 0 Å². The molecule has 0 aromatic heterocycles. The van der Waals surface area contributed by atoms with E-state index in [1.807, 2.05) is 0 Å². The van der Waals surface area contributed by atoms with Gasteiger partial charge < -0.3 is 5.73 Å². The number of hydrogen-bond acceptors (Lipinski definition) is 1. The van der Waals surface area contributed by atoms with Crippen LogP contribution in [0.5, 0.6) is 0 Å². The summed E-state index contributed by atoms with van der Waals surface area (Å²) in [6, 6.07) is 10.5. The van der Waals surface area contributed by atoms with E-state index in [0.717, 1.165) is 5.56 Å². The summed E-state index contributed by atoms with van der Waals surface area (Å²) in [4.78, 5) is 0. The van der Waals surface area contributed by atoms with E-state index in [0.29, 0.717) is 23.4 Å². The monoisotopic (exact) mass is 281 g/mol. The molecule has 0 saturated carbocycles. The molecule has 1 unspecified atom stereocenters. The van der Waals surface area contributed by atoms with Gasteiger partial charge in [0.05, 0.1) is 0 Å². The van der Waals surface area contributed by atoms with Gasteiger partial charge in [0.1, 0.15) is 11.6 Å². The molecule has 4 heteroatoms. The van der Waals surface area contributed by atoms with Crippen LogP contribution in [0.1, 0.15) is 11.1 Å². The SMILES string of the molecule is NC(Cc1cccc(F)c1)Cc1c(F)cccc1Cl. The van der Waals surface area contributed by atoms with E-state index in [-0.39, 0.29) is 17.7 Å². The highest BCUT2D eigenvalue weighted by atomic mass is 35.5. The molecule has 0 heterocycles. The lowest BCUT2D eigenvalue weighted by molar-refractivity contribution is 0.581. The molecule has 2 N–H and O–H groups in total. The topological polar surface area (TPSA) is 26.0 Å². The van der Waals surface area contributed by atoms with E-state index in [1.54, 1.807) is 24.3 Å². The first-order valence-electron chi connectivity index (χ1n) is 5.99. The predicted molar refractivity (Wildman–Crippen MR) is 73.2 cm³/mol. The normalized spacial score (nSPS) is 12.4. The van der Waals surface area contributed by atoms with Gasteiger partial charge in [-0.25, -0.2) is 8.78 Å². The Labute approximate surface area is 116 Å². The van der Waals surface area contributed by atoms with Gasteiger partial charge in [0.15, 0.2) is 0 Å². The Bertz CT molecular complexity index is 552. The van der Waals surface area contributed by atoms with Crippen molar-refractivity contribution < 1.29 is 8.78 Å². The molecule has 1 nitrogen and oxygen atoms in total. The fourth-order valence-electron chi connectivity index (χ4n) is 2.03. The molecule has 0 amide bonds. The van der Waals surface area contributed by atoms with Gasteiger partial charge >= 0.3 is 0 Å². The number of rotatable bonds is 4. The van der Waals surface area contributed by atoms with E-state index < -0.39 is 0 Å². The fraction of sp³-hybridized carbons (Fsp3) is 0.200. The molecule has 0 aliphatic carbocycles. The maximum Gasteiger partial charge on any atom is 0.127 e. The predicted octanol–water partition coefficient (Wildman–Crippen LogP) is 3.73. The quantitative estimate of drug-likeness (QED) is 0.908. The van der Waals surface area contributed by atoms with Crippen molar-refractivity contribution in [2.45, 2.75) is 18.9 Å². The van der Waals surface area contributed by atoms with Gasteiger partial charge in [-0.15, -0.1) is 0 Å². The number of halogens is 3. The van der Waals surface area contributed by atoms with Crippen LogP contribution in [0.4, 0.5) is 8.78 Å². The maximum atomic E-state index is 13.6. The number of benzene rings is 2. The van der Waals surface area contributed by atoms with Crippen LogP contribution >= 0.6 is 11.6 Å². The smallest absolute Gasteiger partial charge is 0.127 e. The molecule has 0 spiro atoms. The average Bonchev–Trinajstić information content (AvgIpc) is 2.34. The van der Waals surface area contributed by atoms with Gasteiger partial charge in [-0.3, -0.25) is 0 Å². The summed E-state index contributed by atoms with van der Waals surface area (Å²) in [5, 5.41) is 0.370. The minimum absolute atomic E-state index is 0.298. The third kappa shape index (κ3) is 3.75. The zero-order valence-electron chi connectivity index (χ0n) is 10.2. The van der Waals surface area contributed by atoms with Crippen LogP contribution in [0.2, 0.25) is 5.02 Å². The van der Waals surface area contributed by atoms with Crippen LogP contribution in [-0.2, 0) is 12.8 Å². The Morgan fingerprint density at radius 2 is 1.79 bits per heavy atom. The summed E-state index contributed by atoms with van der Waals surface area (Å²) < 4.78 is 26.7. The molecule has 2 aromatic rings. The highest BCUT2D eigenvalue weighted by Gasteiger charge is 2.12. The molecule has 0 bridgehead atoms. The Hall–Kier alpha value is -1.45. The summed E-state index contributed by atoms with van der Waals surface area (Å²) in [6.07, 6.45) is 0.796. The Morgan fingerprint density at radius 3 is 2.47 bits per heavy atom. The maximum absolute atomic E-state index is 13.6. The summed E-state index contributed by atoms with van der Waals surface area (Å²) in [5.74, 6) is -0.657. The second-order valence-corrected chi connectivity index (χ2v) is 4.91. The highest BCUT2D eigenvalue weighted by Crippen LogP contribution is 2.21. The summed E-state index contributed by atoms with van der Waals surface area (Å²) >= 11 is 5.95. The van der Waals surface area contributed by atoms with E-state index in [1.165, 1.54) is 18.2 Å². The summed E-state index contributed by atoms with van der Waals surface area (Å²) in [7, 11) is 0. The Morgan fingerprint density at radius 1 is 1.05 bits per heavy atom. The lowest BCUT2D eigenvalue weighted by Crippen LogP contribution is -2.26. The zero-order valence-corrected chi connectivity index (χ0v) is 11.0. The highest BCUT2D eigenvalue weighted by molar-refractivity contribution is 6.31. The second kappa shape index (κ2) is 6.13. The molecule has 0 fully saturated rings. The minimum Gasteiger partial charge on any atom is -0.327 e. The van der Waals surface area contributed by atoms with Crippen LogP contribution in [0, 0.1) is 11.6 Å². The Kier molecular flexibility index (Phi) is 4.51. The largest absolute Gasteiger partial charge is 0.327 e. The van der Waals surface area contributed by atoms with Crippen LogP contribution in [0.3, 0.4) is 0 Å². The van der Waals surface area contributed by atoms with Crippen LogP contribution in [0.15, 0.2) is 42.5 Å². The van der Waals surface area contributed by atoms with Crippen molar-refractivity contribution in [3.8, 4) is 0 Å². The molecule has 2 aromatic carbocycles. The van der Waals surface area contributed by atoms with Crippen LogP contribution in [-0.4, -0.2) is 6.04 Å². The molecule has 19 heavy (non-hydrogen) atoms. The molecule has 0 aliphatic heterocycles. The molecular weight excluding hydrogens is 268 g/mol. The molecule has 0 saturated heterocycles. The van der Waals surface area contributed by atoms with Crippen molar-refractivity contribution in [2.24, 2.45) is 5.73 Å². The second-order valence-electron chi connectivity index (χ2n) is 4.50. The lowest BCUT2D eigenvalue weighted by Gasteiger charge is -2.13. The average molecular weight is 282 g/mol. The third-order valence-corrected chi connectivity index (χ3v) is 3.27. The van der Waals surface area contributed by atoms with Gasteiger partial charge in [0, 0.05) is 16.6 Å². The van der Waals surface area contributed by atoms with Gasteiger partial charge in [-0.2, -0.15) is 0 Å². The van der Waals surface area contributed by atoms with Crippen molar-refractivity contribution in [3.05, 3.63) is 70.2 Å². The van der Waals surface area contributed by atoms with Gasteiger partial charge in [0.2, 0.25) is 0 Å². The first-order chi connectivity index (χ1) is 9.06. The number of hydrogen-bond donors (Lipinski definition) is 1. The van der Waals surface area contributed by atoms with Crippen LogP contribution in [0.25, 0.3) is 0 Å². The molecular formula is C15H14ClF2N. The van der Waals surface area contributed by atoms with Crippen molar-refractivity contribution in [1.29, 1.82) is 0 Å². The number of nitrogens with two attached hydrogens (primary N) is 1. The first kappa shape index (κ1) is 14.0. The van der Waals surface area contributed by atoms with Crippen LogP contribution < -0.4 is 5.73 Å². The van der Waals surface area contributed by atoms with E-state index in [9.17, 15) is 8.78 Å². The Balaban J connectivity index is 2.07. The standard InChI is InChI=1S/C15H14ClF2N/c16-14-5-2-6-15(18)13(14)9-12(19)8-10-3-1-4-11(17)7-10/h1-7,12H,8-9,19H2. The van der Waals surface area contributed by atoms with E-state index in [2.05, 4.69) is 0 Å². The van der Waals surface area contributed by atoms with E-state index in [4.69, 9.17) is 17.3 Å².